The lowest BCUT2D eigenvalue weighted by Gasteiger charge is -2.07. The Morgan fingerprint density at radius 1 is 0.405 bits per heavy atom. The van der Waals surface area contributed by atoms with Gasteiger partial charge in [0, 0.05) is 12.8 Å². The zero-order valence-corrected chi connectivity index (χ0v) is 25.5. The van der Waals surface area contributed by atoms with Crippen molar-refractivity contribution >= 4 is 11.9 Å². The maximum atomic E-state index is 11.8. The van der Waals surface area contributed by atoms with Gasteiger partial charge in [-0.2, -0.15) is 0 Å². The molecule has 0 aliphatic carbocycles. The summed E-state index contributed by atoms with van der Waals surface area (Å²) in [4.78, 5) is 23.7. The first-order valence-electron chi connectivity index (χ1n) is 16.2. The van der Waals surface area contributed by atoms with E-state index in [9.17, 15) is 9.59 Å². The Bertz CT molecular complexity index is 457. The third-order valence-corrected chi connectivity index (χ3v) is 7.14. The van der Waals surface area contributed by atoms with Crippen LogP contribution in [-0.2, 0) is 19.1 Å². The van der Waals surface area contributed by atoms with Gasteiger partial charge in [-0.15, -0.1) is 0 Å². The molecular formula is C33H64O4. The van der Waals surface area contributed by atoms with E-state index in [0.29, 0.717) is 26.1 Å². The maximum absolute atomic E-state index is 11.8. The van der Waals surface area contributed by atoms with Crippen LogP contribution in [0.4, 0.5) is 0 Å². The first-order valence-corrected chi connectivity index (χ1v) is 16.2. The highest BCUT2D eigenvalue weighted by Crippen LogP contribution is 2.14. The summed E-state index contributed by atoms with van der Waals surface area (Å²) >= 11 is 0. The second kappa shape index (κ2) is 28.0. The minimum Gasteiger partial charge on any atom is -0.466 e. The number of rotatable bonds is 28. The van der Waals surface area contributed by atoms with Crippen molar-refractivity contribution in [1.29, 1.82) is 0 Å². The van der Waals surface area contributed by atoms with E-state index >= 15 is 0 Å². The predicted octanol–water partition coefficient (Wildman–Crippen LogP) is 10.4. The minimum absolute atomic E-state index is 0.0942. The van der Waals surface area contributed by atoms with Crippen LogP contribution in [0.2, 0.25) is 0 Å². The van der Waals surface area contributed by atoms with Crippen LogP contribution in [0.15, 0.2) is 0 Å². The van der Waals surface area contributed by atoms with Crippen molar-refractivity contribution in [3.05, 3.63) is 0 Å². The predicted molar refractivity (Wildman–Crippen MR) is 158 cm³/mol. The van der Waals surface area contributed by atoms with E-state index < -0.39 is 0 Å². The Kier molecular flexibility index (Phi) is 27.2. The Morgan fingerprint density at radius 3 is 1.00 bits per heavy atom. The molecule has 0 aromatic carbocycles. The zero-order valence-electron chi connectivity index (χ0n) is 25.5. The van der Waals surface area contributed by atoms with Gasteiger partial charge in [-0.3, -0.25) is 9.59 Å². The normalized spacial score (nSPS) is 11.4. The topological polar surface area (TPSA) is 52.6 Å². The van der Waals surface area contributed by atoms with E-state index in [1.54, 1.807) is 0 Å². The first kappa shape index (κ1) is 35.9. The molecule has 37 heavy (non-hydrogen) atoms. The zero-order chi connectivity index (χ0) is 27.4. The van der Waals surface area contributed by atoms with Crippen LogP contribution in [0.25, 0.3) is 0 Å². The number of carbonyl (C=O) groups is 2. The number of hydrogen-bond acceptors (Lipinski definition) is 4. The minimum atomic E-state index is -0.0942. The lowest BCUT2D eigenvalue weighted by molar-refractivity contribution is -0.144. The quantitative estimate of drug-likeness (QED) is 0.0754. The van der Waals surface area contributed by atoms with Crippen LogP contribution < -0.4 is 0 Å². The molecule has 220 valence electrons. The van der Waals surface area contributed by atoms with Crippen molar-refractivity contribution in [3.63, 3.8) is 0 Å². The summed E-state index contributed by atoms with van der Waals surface area (Å²) in [5, 5.41) is 0. The van der Waals surface area contributed by atoms with E-state index in [4.69, 9.17) is 9.47 Å². The molecule has 4 nitrogen and oxygen atoms in total. The molecule has 0 amide bonds. The van der Waals surface area contributed by atoms with Crippen LogP contribution >= 0.6 is 0 Å². The molecule has 0 heterocycles. The summed E-state index contributed by atoms with van der Waals surface area (Å²) in [6, 6.07) is 0. The smallest absolute Gasteiger partial charge is 0.305 e. The molecule has 0 spiro atoms. The highest BCUT2D eigenvalue weighted by molar-refractivity contribution is 5.69. The van der Waals surface area contributed by atoms with E-state index in [-0.39, 0.29) is 11.9 Å². The molecule has 0 aromatic heterocycles. The largest absolute Gasteiger partial charge is 0.466 e. The van der Waals surface area contributed by atoms with E-state index in [2.05, 4.69) is 27.7 Å². The molecule has 0 N–H and O–H groups in total. The van der Waals surface area contributed by atoms with Gasteiger partial charge in [0.25, 0.3) is 0 Å². The molecule has 0 saturated heterocycles. The summed E-state index contributed by atoms with van der Waals surface area (Å²) in [5.41, 5.74) is 0. The molecule has 0 saturated carbocycles. The molecule has 0 rings (SSSR count). The number of unbranched alkanes of at least 4 members (excludes halogenated alkanes) is 16. The number of ether oxygens (including phenoxy) is 2. The molecular weight excluding hydrogens is 460 g/mol. The Hall–Kier alpha value is -1.06. The van der Waals surface area contributed by atoms with E-state index in [1.807, 2.05) is 0 Å². The second-order valence-corrected chi connectivity index (χ2v) is 12.0. The Morgan fingerprint density at radius 2 is 0.676 bits per heavy atom. The summed E-state index contributed by atoms with van der Waals surface area (Å²) in [5.74, 6) is 1.48. The molecule has 0 aliphatic rings. The van der Waals surface area contributed by atoms with Crippen LogP contribution in [0.1, 0.15) is 175 Å². The SMILES string of the molecule is CC(C)CCCCCCCCCCOC(=O)CCCCCC(=O)OCCCCCCCCCCC(C)C. The lowest BCUT2D eigenvalue weighted by Crippen LogP contribution is -2.07. The van der Waals surface area contributed by atoms with Crippen molar-refractivity contribution in [2.45, 2.75) is 175 Å². The van der Waals surface area contributed by atoms with Gasteiger partial charge in [-0.05, 0) is 37.5 Å². The molecule has 0 fully saturated rings. The molecule has 4 heteroatoms. The maximum Gasteiger partial charge on any atom is 0.305 e. The molecule has 0 aliphatic heterocycles. The number of carbonyl (C=O) groups excluding carboxylic acids is 2. The monoisotopic (exact) mass is 524 g/mol. The fraction of sp³-hybridized carbons (Fsp3) is 0.939. The van der Waals surface area contributed by atoms with Crippen molar-refractivity contribution in [3.8, 4) is 0 Å². The van der Waals surface area contributed by atoms with E-state index in [0.717, 1.165) is 56.8 Å². The second-order valence-electron chi connectivity index (χ2n) is 12.0. The van der Waals surface area contributed by atoms with Gasteiger partial charge < -0.3 is 9.47 Å². The molecule has 0 bridgehead atoms. The van der Waals surface area contributed by atoms with Gasteiger partial charge >= 0.3 is 11.9 Å². The fourth-order valence-electron chi connectivity index (χ4n) is 4.66. The van der Waals surface area contributed by atoms with Gasteiger partial charge in [-0.25, -0.2) is 0 Å². The standard InChI is InChI=1S/C33H64O4/c1-30(2)24-18-13-9-5-7-11-15-22-28-36-32(34)26-20-17-21-27-33(35)37-29-23-16-12-8-6-10-14-19-25-31(3)4/h30-31H,5-29H2,1-4H3. The van der Waals surface area contributed by atoms with E-state index in [1.165, 1.54) is 89.9 Å². The van der Waals surface area contributed by atoms with Gasteiger partial charge in [0.05, 0.1) is 13.2 Å². The third kappa shape index (κ3) is 31.1. The van der Waals surface area contributed by atoms with Crippen LogP contribution in [0.5, 0.6) is 0 Å². The first-order chi connectivity index (χ1) is 17.9. The molecule has 0 atom stereocenters. The van der Waals surface area contributed by atoms with Crippen molar-refractivity contribution in [2.24, 2.45) is 11.8 Å². The van der Waals surface area contributed by atoms with Gasteiger partial charge in [-0.1, -0.05) is 137 Å². The van der Waals surface area contributed by atoms with Crippen molar-refractivity contribution in [2.75, 3.05) is 13.2 Å². The van der Waals surface area contributed by atoms with Gasteiger partial charge in [0.1, 0.15) is 0 Å². The summed E-state index contributed by atoms with van der Waals surface area (Å²) in [6.45, 7) is 10.3. The van der Waals surface area contributed by atoms with Gasteiger partial charge in [0.15, 0.2) is 0 Å². The fourth-order valence-corrected chi connectivity index (χ4v) is 4.66. The van der Waals surface area contributed by atoms with Crippen LogP contribution in [-0.4, -0.2) is 25.2 Å². The Balaban J connectivity index is 3.29. The molecule has 0 aromatic rings. The number of hydrogen-bond donors (Lipinski definition) is 0. The molecule has 0 radical (unpaired) electrons. The summed E-state index contributed by atoms with van der Waals surface area (Å²) in [7, 11) is 0. The average molecular weight is 525 g/mol. The number of esters is 2. The highest BCUT2D eigenvalue weighted by Gasteiger charge is 2.06. The van der Waals surface area contributed by atoms with Crippen molar-refractivity contribution < 1.29 is 19.1 Å². The third-order valence-electron chi connectivity index (χ3n) is 7.14. The Labute approximate surface area is 231 Å². The van der Waals surface area contributed by atoms with Crippen LogP contribution in [0.3, 0.4) is 0 Å². The molecule has 0 unspecified atom stereocenters. The highest BCUT2D eigenvalue weighted by atomic mass is 16.5. The summed E-state index contributed by atoms with van der Waals surface area (Å²) < 4.78 is 10.7. The summed E-state index contributed by atoms with van der Waals surface area (Å²) in [6.07, 6.45) is 26.3. The van der Waals surface area contributed by atoms with Gasteiger partial charge in [0.2, 0.25) is 0 Å². The average Bonchev–Trinajstić information content (AvgIpc) is 2.85. The van der Waals surface area contributed by atoms with Crippen molar-refractivity contribution in [1.82, 2.24) is 0 Å². The lowest BCUT2D eigenvalue weighted by atomic mass is 10.0. The van der Waals surface area contributed by atoms with Crippen LogP contribution in [0, 0.1) is 11.8 Å².